The van der Waals surface area contributed by atoms with Gasteiger partial charge in [-0.3, -0.25) is 14.6 Å². The van der Waals surface area contributed by atoms with Crippen molar-refractivity contribution < 1.29 is 27.3 Å². The normalized spacial score (nSPS) is 10.6. The number of aryl methyl sites for hydroxylation is 1. The van der Waals surface area contributed by atoms with Crippen LogP contribution in [-0.2, 0) is 16.0 Å². The molecule has 0 aliphatic rings. The summed E-state index contributed by atoms with van der Waals surface area (Å²) in [6.45, 7) is -0.486. The molecule has 3 rings (SSSR count). The van der Waals surface area contributed by atoms with Gasteiger partial charge in [0.15, 0.2) is 17.5 Å². The smallest absolute Gasteiger partial charge is 0.243 e. The molecule has 2 aromatic heterocycles. The van der Waals surface area contributed by atoms with E-state index in [0.29, 0.717) is 11.8 Å². The number of carbonyl (C=O) groups is 2. The highest BCUT2D eigenvalue weighted by Crippen LogP contribution is 2.19. The van der Waals surface area contributed by atoms with Crippen LogP contribution >= 0.6 is 0 Å². The summed E-state index contributed by atoms with van der Waals surface area (Å²) in [5.74, 6) is -5.40. The molecule has 0 fully saturated rings. The summed E-state index contributed by atoms with van der Waals surface area (Å²) in [4.78, 5) is 31.8. The highest BCUT2D eigenvalue weighted by molar-refractivity contribution is 5.94. The third-order valence-corrected chi connectivity index (χ3v) is 3.68. The van der Waals surface area contributed by atoms with E-state index in [9.17, 15) is 22.8 Å². The standard InChI is InChI=1S/C18H14F3N5O3/c19-10-4-5-11(17(21)16(10)20)24-14(28)9-23-13(27)6-7-15-25-18(26-29-15)12-3-1-2-8-22-12/h1-5,8H,6-7,9H2,(H,23,27)(H,24,28). The number of pyridine rings is 1. The molecule has 1 aromatic carbocycles. The van der Waals surface area contributed by atoms with Gasteiger partial charge < -0.3 is 15.2 Å². The number of benzene rings is 1. The van der Waals surface area contributed by atoms with Crippen molar-refractivity contribution in [2.75, 3.05) is 11.9 Å². The molecule has 0 bridgehead atoms. The van der Waals surface area contributed by atoms with Crippen LogP contribution < -0.4 is 10.6 Å². The van der Waals surface area contributed by atoms with E-state index >= 15 is 0 Å². The van der Waals surface area contributed by atoms with Crippen LogP contribution in [0.1, 0.15) is 12.3 Å². The Bertz CT molecular complexity index is 1030. The van der Waals surface area contributed by atoms with Crippen LogP contribution in [0.25, 0.3) is 11.5 Å². The fourth-order valence-corrected chi connectivity index (χ4v) is 2.26. The summed E-state index contributed by atoms with van der Waals surface area (Å²) in [5, 5.41) is 8.13. The summed E-state index contributed by atoms with van der Waals surface area (Å²) >= 11 is 0. The average molecular weight is 405 g/mol. The van der Waals surface area contributed by atoms with E-state index in [2.05, 4.69) is 20.4 Å². The van der Waals surface area contributed by atoms with Crippen molar-refractivity contribution in [3.63, 3.8) is 0 Å². The number of amides is 2. The van der Waals surface area contributed by atoms with Crippen molar-refractivity contribution in [2.24, 2.45) is 0 Å². The quantitative estimate of drug-likeness (QED) is 0.584. The lowest BCUT2D eigenvalue weighted by Gasteiger charge is -2.08. The minimum atomic E-state index is -1.70. The Kier molecular flexibility index (Phi) is 6.17. The summed E-state index contributed by atoms with van der Waals surface area (Å²) in [6, 6.07) is 6.77. The van der Waals surface area contributed by atoms with Gasteiger partial charge in [-0.2, -0.15) is 4.98 Å². The minimum absolute atomic E-state index is 0.0450. The second-order valence-electron chi connectivity index (χ2n) is 5.77. The number of nitrogens with zero attached hydrogens (tertiary/aromatic N) is 3. The number of nitrogens with one attached hydrogen (secondary N) is 2. The van der Waals surface area contributed by atoms with Crippen molar-refractivity contribution in [3.8, 4) is 11.5 Å². The Morgan fingerprint density at radius 3 is 2.62 bits per heavy atom. The first-order valence-corrected chi connectivity index (χ1v) is 8.38. The average Bonchev–Trinajstić information content (AvgIpc) is 3.21. The third-order valence-electron chi connectivity index (χ3n) is 3.68. The Labute approximate surface area is 162 Å². The first-order valence-electron chi connectivity index (χ1n) is 8.38. The molecule has 0 saturated carbocycles. The summed E-state index contributed by atoms with van der Waals surface area (Å²) in [7, 11) is 0. The molecular formula is C18H14F3N5O3. The topological polar surface area (TPSA) is 110 Å². The Morgan fingerprint density at radius 2 is 1.86 bits per heavy atom. The van der Waals surface area contributed by atoms with E-state index in [4.69, 9.17) is 4.52 Å². The van der Waals surface area contributed by atoms with Gasteiger partial charge in [0, 0.05) is 19.0 Å². The van der Waals surface area contributed by atoms with Gasteiger partial charge in [0.05, 0.1) is 12.2 Å². The number of rotatable bonds is 7. The molecule has 11 heteroatoms. The monoisotopic (exact) mass is 405 g/mol. The first kappa shape index (κ1) is 20.0. The largest absolute Gasteiger partial charge is 0.347 e. The Morgan fingerprint density at radius 1 is 1.03 bits per heavy atom. The molecule has 0 saturated heterocycles. The van der Waals surface area contributed by atoms with E-state index < -0.39 is 41.5 Å². The van der Waals surface area contributed by atoms with Crippen LogP contribution in [0, 0.1) is 17.5 Å². The van der Waals surface area contributed by atoms with E-state index in [-0.39, 0.29) is 24.6 Å². The van der Waals surface area contributed by atoms with E-state index in [0.717, 1.165) is 6.07 Å². The molecule has 2 amide bonds. The fraction of sp³-hybridized carbons (Fsp3) is 0.167. The van der Waals surface area contributed by atoms with Gasteiger partial charge in [-0.1, -0.05) is 11.2 Å². The number of aromatic nitrogens is 3. The highest BCUT2D eigenvalue weighted by Gasteiger charge is 2.16. The predicted molar refractivity (Wildman–Crippen MR) is 93.8 cm³/mol. The zero-order valence-electron chi connectivity index (χ0n) is 14.8. The Hall–Kier alpha value is -3.76. The van der Waals surface area contributed by atoms with Crippen molar-refractivity contribution in [2.45, 2.75) is 12.8 Å². The van der Waals surface area contributed by atoms with Crippen LogP contribution in [-0.4, -0.2) is 33.5 Å². The van der Waals surface area contributed by atoms with Gasteiger partial charge in [-0.15, -0.1) is 0 Å². The molecule has 0 atom stereocenters. The minimum Gasteiger partial charge on any atom is -0.347 e. The van der Waals surface area contributed by atoms with E-state index in [1.54, 1.807) is 24.4 Å². The van der Waals surface area contributed by atoms with Gasteiger partial charge in [-0.05, 0) is 24.3 Å². The maximum Gasteiger partial charge on any atom is 0.243 e. The SMILES string of the molecule is O=C(CCc1nc(-c2ccccn2)no1)NCC(=O)Nc1ccc(F)c(F)c1F. The summed E-state index contributed by atoms with van der Waals surface area (Å²) < 4.78 is 44.6. The van der Waals surface area contributed by atoms with Gasteiger partial charge in [-0.25, -0.2) is 13.2 Å². The zero-order chi connectivity index (χ0) is 20.8. The van der Waals surface area contributed by atoms with Gasteiger partial charge >= 0.3 is 0 Å². The van der Waals surface area contributed by atoms with E-state index in [1.165, 1.54) is 0 Å². The number of halogens is 3. The van der Waals surface area contributed by atoms with Gasteiger partial charge in [0.25, 0.3) is 0 Å². The van der Waals surface area contributed by atoms with Crippen LogP contribution in [0.15, 0.2) is 41.1 Å². The highest BCUT2D eigenvalue weighted by atomic mass is 19.2. The van der Waals surface area contributed by atoms with Crippen molar-refractivity contribution >= 4 is 17.5 Å². The predicted octanol–water partition coefficient (Wildman–Crippen LogP) is 2.24. The van der Waals surface area contributed by atoms with Crippen LogP contribution in [0.5, 0.6) is 0 Å². The summed E-state index contributed by atoms with van der Waals surface area (Å²) in [5.41, 5.74) is -0.0101. The number of hydrogen-bond donors (Lipinski definition) is 2. The second-order valence-corrected chi connectivity index (χ2v) is 5.77. The van der Waals surface area contributed by atoms with E-state index in [1.807, 2.05) is 5.32 Å². The van der Waals surface area contributed by atoms with Crippen LogP contribution in [0.2, 0.25) is 0 Å². The molecule has 0 aliphatic carbocycles. The number of hydrogen-bond acceptors (Lipinski definition) is 6. The van der Waals surface area contributed by atoms with Crippen molar-refractivity contribution in [1.82, 2.24) is 20.4 Å². The molecule has 3 aromatic rings. The second kappa shape index (κ2) is 8.95. The van der Waals surface area contributed by atoms with Crippen molar-refractivity contribution in [3.05, 3.63) is 59.9 Å². The van der Waals surface area contributed by atoms with Crippen LogP contribution in [0.4, 0.5) is 18.9 Å². The molecule has 0 spiro atoms. The molecule has 2 N–H and O–H groups in total. The molecule has 2 heterocycles. The van der Waals surface area contributed by atoms with Gasteiger partial charge in [0.1, 0.15) is 5.69 Å². The lowest BCUT2D eigenvalue weighted by Crippen LogP contribution is -2.33. The molecular weight excluding hydrogens is 391 g/mol. The van der Waals surface area contributed by atoms with Crippen LogP contribution in [0.3, 0.4) is 0 Å². The number of anilines is 1. The molecule has 150 valence electrons. The first-order chi connectivity index (χ1) is 13.9. The Balaban J connectivity index is 1.45. The van der Waals surface area contributed by atoms with Crippen molar-refractivity contribution in [1.29, 1.82) is 0 Å². The van der Waals surface area contributed by atoms with Gasteiger partial charge in [0.2, 0.25) is 23.5 Å². The molecule has 0 unspecified atom stereocenters. The molecule has 0 aliphatic heterocycles. The lowest BCUT2D eigenvalue weighted by atomic mass is 10.2. The molecule has 8 nitrogen and oxygen atoms in total. The zero-order valence-corrected chi connectivity index (χ0v) is 14.8. The molecule has 29 heavy (non-hydrogen) atoms. The third kappa shape index (κ3) is 5.15. The number of carbonyl (C=O) groups excluding carboxylic acids is 2. The maximum atomic E-state index is 13.5. The fourth-order valence-electron chi connectivity index (χ4n) is 2.26. The lowest BCUT2D eigenvalue weighted by molar-refractivity contribution is -0.124. The summed E-state index contributed by atoms with van der Waals surface area (Å²) in [6.07, 6.45) is 1.66. The maximum absolute atomic E-state index is 13.5. The molecule has 0 radical (unpaired) electrons.